The molecule has 2 rings (SSSR count). The molecule has 0 bridgehead atoms. The Balaban J connectivity index is 1.93. The van der Waals surface area contributed by atoms with Gasteiger partial charge in [0.05, 0.1) is 6.04 Å². The maximum atomic E-state index is 12.0. The number of hydrogen-bond acceptors (Lipinski definition) is 2. The van der Waals surface area contributed by atoms with Crippen molar-refractivity contribution >= 4 is 5.91 Å². The van der Waals surface area contributed by atoms with Crippen molar-refractivity contribution in [2.75, 3.05) is 13.1 Å². The van der Waals surface area contributed by atoms with E-state index in [2.05, 4.69) is 19.1 Å². The number of carbonyl (C=O) groups excluding carboxylic acids is 1. The smallest absolute Gasteiger partial charge is 0.239 e. The van der Waals surface area contributed by atoms with Crippen LogP contribution in [-0.2, 0) is 11.2 Å². The summed E-state index contributed by atoms with van der Waals surface area (Å²) in [6.45, 7) is 3.81. The zero-order valence-corrected chi connectivity index (χ0v) is 10.4. The number of nitrogens with zero attached hydrogens (tertiary/aromatic N) is 1. The molecule has 1 aliphatic heterocycles. The summed E-state index contributed by atoms with van der Waals surface area (Å²) in [6.07, 6.45) is 2.86. The van der Waals surface area contributed by atoms with Crippen LogP contribution in [0, 0.1) is 6.92 Å². The van der Waals surface area contributed by atoms with E-state index in [4.69, 9.17) is 5.73 Å². The summed E-state index contributed by atoms with van der Waals surface area (Å²) in [4.78, 5) is 13.9. The molecule has 1 fully saturated rings. The summed E-state index contributed by atoms with van der Waals surface area (Å²) in [6, 6.07) is 7.82. The largest absolute Gasteiger partial charge is 0.341 e. The monoisotopic (exact) mass is 232 g/mol. The summed E-state index contributed by atoms with van der Waals surface area (Å²) >= 11 is 0. The van der Waals surface area contributed by atoms with Gasteiger partial charge in [-0.25, -0.2) is 0 Å². The summed E-state index contributed by atoms with van der Waals surface area (Å²) in [7, 11) is 0. The molecule has 1 aromatic rings. The number of amides is 1. The molecule has 92 valence electrons. The van der Waals surface area contributed by atoms with Crippen LogP contribution in [0.25, 0.3) is 0 Å². The van der Waals surface area contributed by atoms with Crippen molar-refractivity contribution in [3.63, 3.8) is 0 Å². The SMILES string of the molecule is Cc1ccc(C[C@@H](N)C(=O)N2CCCC2)cc1. The Morgan fingerprint density at radius 3 is 2.47 bits per heavy atom. The first-order valence-electron chi connectivity index (χ1n) is 6.27. The van der Waals surface area contributed by atoms with Gasteiger partial charge < -0.3 is 10.6 Å². The van der Waals surface area contributed by atoms with Gasteiger partial charge in [-0.2, -0.15) is 0 Å². The highest BCUT2D eigenvalue weighted by atomic mass is 16.2. The van der Waals surface area contributed by atoms with Crippen LogP contribution in [0.15, 0.2) is 24.3 Å². The lowest BCUT2D eigenvalue weighted by atomic mass is 10.0. The van der Waals surface area contributed by atoms with Gasteiger partial charge in [0.25, 0.3) is 0 Å². The first kappa shape index (κ1) is 12.1. The molecular weight excluding hydrogens is 212 g/mol. The predicted octanol–water partition coefficient (Wildman–Crippen LogP) is 1.49. The highest BCUT2D eigenvalue weighted by Gasteiger charge is 2.23. The van der Waals surface area contributed by atoms with Crippen molar-refractivity contribution in [1.29, 1.82) is 0 Å². The van der Waals surface area contributed by atoms with Crippen molar-refractivity contribution < 1.29 is 4.79 Å². The van der Waals surface area contributed by atoms with Crippen LogP contribution in [0.5, 0.6) is 0 Å². The number of likely N-dealkylation sites (tertiary alicyclic amines) is 1. The van der Waals surface area contributed by atoms with Gasteiger partial charge in [0, 0.05) is 13.1 Å². The van der Waals surface area contributed by atoms with Gasteiger partial charge in [0.1, 0.15) is 0 Å². The second-order valence-corrected chi connectivity index (χ2v) is 4.83. The Hall–Kier alpha value is -1.35. The van der Waals surface area contributed by atoms with E-state index in [1.165, 1.54) is 5.56 Å². The maximum absolute atomic E-state index is 12.0. The van der Waals surface area contributed by atoms with Crippen LogP contribution in [0.2, 0.25) is 0 Å². The average Bonchev–Trinajstić information content (AvgIpc) is 2.84. The highest BCUT2D eigenvalue weighted by molar-refractivity contribution is 5.82. The van der Waals surface area contributed by atoms with Gasteiger partial charge >= 0.3 is 0 Å². The molecule has 0 saturated carbocycles. The number of aryl methyl sites for hydroxylation is 1. The van der Waals surface area contributed by atoms with Gasteiger partial charge in [-0.1, -0.05) is 29.8 Å². The van der Waals surface area contributed by atoms with Crippen LogP contribution in [-0.4, -0.2) is 29.9 Å². The molecule has 3 nitrogen and oxygen atoms in total. The fourth-order valence-corrected chi connectivity index (χ4v) is 2.24. The lowest BCUT2D eigenvalue weighted by Gasteiger charge is -2.20. The summed E-state index contributed by atoms with van der Waals surface area (Å²) in [5, 5.41) is 0. The minimum absolute atomic E-state index is 0.100. The minimum atomic E-state index is -0.393. The standard InChI is InChI=1S/C14H20N2O/c1-11-4-6-12(7-5-11)10-13(15)14(17)16-8-2-3-9-16/h4-7,13H,2-3,8-10,15H2,1H3/t13-/m1/s1. The molecule has 1 aliphatic rings. The van der Waals surface area contributed by atoms with Gasteiger partial charge in [-0.3, -0.25) is 4.79 Å². The average molecular weight is 232 g/mol. The molecule has 1 saturated heterocycles. The molecule has 0 aromatic heterocycles. The van der Waals surface area contributed by atoms with Crippen LogP contribution in [0.3, 0.4) is 0 Å². The van der Waals surface area contributed by atoms with Crippen LogP contribution >= 0.6 is 0 Å². The van der Waals surface area contributed by atoms with E-state index in [1.54, 1.807) is 0 Å². The number of benzene rings is 1. The molecule has 0 spiro atoms. The van der Waals surface area contributed by atoms with E-state index >= 15 is 0 Å². The van der Waals surface area contributed by atoms with Gasteiger partial charge in [-0.05, 0) is 31.7 Å². The van der Waals surface area contributed by atoms with Crippen molar-refractivity contribution in [3.05, 3.63) is 35.4 Å². The van der Waals surface area contributed by atoms with Crippen molar-refractivity contribution in [1.82, 2.24) is 4.90 Å². The number of rotatable bonds is 3. The first-order chi connectivity index (χ1) is 8.16. The zero-order chi connectivity index (χ0) is 12.3. The van der Waals surface area contributed by atoms with E-state index in [1.807, 2.05) is 17.0 Å². The number of carbonyl (C=O) groups is 1. The Morgan fingerprint density at radius 1 is 1.29 bits per heavy atom. The molecule has 1 heterocycles. The fourth-order valence-electron chi connectivity index (χ4n) is 2.24. The summed E-state index contributed by atoms with van der Waals surface area (Å²) < 4.78 is 0. The lowest BCUT2D eigenvalue weighted by molar-refractivity contribution is -0.131. The van der Waals surface area contributed by atoms with E-state index < -0.39 is 6.04 Å². The molecule has 0 unspecified atom stereocenters. The fraction of sp³-hybridized carbons (Fsp3) is 0.500. The normalized spacial score (nSPS) is 17.2. The Labute approximate surface area is 103 Å². The third-order valence-corrected chi connectivity index (χ3v) is 3.31. The first-order valence-corrected chi connectivity index (χ1v) is 6.27. The topological polar surface area (TPSA) is 46.3 Å². The Bertz CT molecular complexity index is 380. The van der Waals surface area contributed by atoms with Gasteiger partial charge in [0.2, 0.25) is 5.91 Å². The van der Waals surface area contributed by atoms with Gasteiger partial charge in [-0.15, -0.1) is 0 Å². The number of hydrogen-bond donors (Lipinski definition) is 1. The van der Waals surface area contributed by atoms with Crippen molar-refractivity contribution in [2.24, 2.45) is 5.73 Å². The Morgan fingerprint density at radius 2 is 1.88 bits per heavy atom. The zero-order valence-electron chi connectivity index (χ0n) is 10.4. The van der Waals surface area contributed by atoms with E-state index in [0.29, 0.717) is 6.42 Å². The van der Waals surface area contributed by atoms with E-state index in [9.17, 15) is 4.79 Å². The molecule has 1 atom stereocenters. The third kappa shape index (κ3) is 3.07. The summed E-state index contributed by atoms with van der Waals surface area (Å²) in [5.41, 5.74) is 8.34. The van der Waals surface area contributed by atoms with Crippen molar-refractivity contribution in [3.8, 4) is 0 Å². The second-order valence-electron chi connectivity index (χ2n) is 4.83. The minimum Gasteiger partial charge on any atom is -0.341 e. The lowest BCUT2D eigenvalue weighted by Crippen LogP contribution is -2.43. The van der Waals surface area contributed by atoms with Crippen molar-refractivity contribution in [2.45, 2.75) is 32.2 Å². The highest BCUT2D eigenvalue weighted by Crippen LogP contribution is 2.11. The molecule has 1 amide bonds. The maximum Gasteiger partial charge on any atom is 0.239 e. The molecule has 1 aromatic carbocycles. The molecular formula is C14H20N2O. The predicted molar refractivity (Wildman–Crippen MR) is 68.7 cm³/mol. The van der Waals surface area contributed by atoms with E-state index in [0.717, 1.165) is 31.5 Å². The van der Waals surface area contributed by atoms with Crippen LogP contribution in [0.1, 0.15) is 24.0 Å². The van der Waals surface area contributed by atoms with E-state index in [-0.39, 0.29) is 5.91 Å². The molecule has 0 radical (unpaired) electrons. The number of nitrogens with two attached hydrogens (primary N) is 1. The Kier molecular flexibility index (Phi) is 3.79. The van der Waals surface area contributed by atoms with Crippen LogP contribution < -0.4 is 5.73 Å². The van der Waals surface area contributed by atoms with Gasteiger partial charge in [0.15, 0.2) is 0 Å². The molecule has 2 N–H and O–H groups in total. The molecule has 3 heteroatoms. The third-order valence-electron chi connectivity index (χ3n) is 3.31. The molecule has 0 aliphatic carbocycles. The van der Waals surface area contributed by atoms with Crippen LogP contribution in [0.4, 0.5) is 0 Å². The summed E-state index contributed by atoms with van der Waals surface area (Å²) in [5.74, 6) is 0.100. The molecule has 17 heavy (non-hydrogen) atoms. The quantitative estimate of drug-likeness (QED) is 0.858. The second kappa shape index (κ2) is 5.32.